The summed E-state index contributed by atoms with van der Waals surface area (Å²) >= 11 is 0. The van der Waals surface area contributed by atoms with Gasteiger partial charge in [0.25, 0.3) is 5.91 Å². The van der Waals surface area contributed by atoms with Crippen LogP contribution >= 0.6 is 0 Å². The number of fused-ring (bicyclic) bond motifs is 1. The minimum Gasteiger partial charge on any atom is -0.352 e. The smallest absolute Gasteiger partial charge is 0.251 e. The van der Waals surface area contributed by atoms with E-state index < -0.39 is 0 Å². The second kappa shape index (κ2) is 8.45. The van der Waals surface area contributed by atoms with Gasteiger partial charge in [-0.05, 0) is 22.9 Å². The molecule has 0 bridgehead atoms. The van der Waals surface area contributed by atoms with Crippen molar-refractivity contribution in [2.75, 3.05) is 26.2 Å². The first-order chi connectivity index (χ1) is 14.1. The molecule has 3 aromatic rings. The maximum atomic E-state index is 12.8. The lowest BCUT2D eigenvalue weighted by molar-refractivity contribution is -0.134. The van der Waals surface area contributed by atoms with Crippen molar-refractivity contribution < 1.29 is 9.59 Å². The van der Waals surface area contributed by atoms with Crippen molar-refractivity contribution in [1.82, 2.24) is 25.1 Å². The lowest BCUT2D eigenvalue weighted by atomic mass is 10.1. The second-order valence-corrected chi connectivity index (χ2v) is 7.27. The molecule has 150 valence electrons. The summed E-state index contributed by atoms with van der Waals surface area (Å²) < 4.78 is 1.94. The fourth-order valence-electron chi connectivity index (χ4n) is 3.79. The summed E-state index contributed by atoms with van der Waals surface area (Å²) in [4.78, 5) is 31.6. The monoisotopic (exact) mass is 391 g/mol. The van der Waals surface area contributed by atoms with E-state index in [9.17, 15) is 9.59 Å². The van der Waals surface area contributed by atoms with E-state index in [-0.39, 0.29) is 24.3 Å². The maximum absolute atomic E-state index is 12.8. The van der Waals surface area contributed by atoms with Crippen molar-refractivity contribution in [3.63, 3.8) is 0 Å². The van der Waals surface area contributed by atoms with Crippen molar-refractivity contribution >= 4 is 22.6 Å². The highest BCUT2D eigenvalue weighted by atomic mass is 16.2. The summed E-state index contributed by atoms with van der Waals surface area (Å²) in [5.41, 5.74) is 0.601. The van der Waals surface area contributed by atoms with Crippen molar-refractivity contribution in [2.24, 2.45) is 7.05 Å². The number of nitrogens with zero attached hydrogens (tertiary/aromatic N) is 3. The molecule has 2 N–H and O–H groups in total. The summed E-state index contributed by atoms with van der Waals surface area (Å²) in [6.45, 7) is 2.38. The fraction of sp³-hybridized carbons (Fsp3) is 0.318. The average Bonchev–Trinajstić information content (AvgIpc) is 3.19. The molecule has 0 aliphatic carbocycles. The van der Waals surface area contributed by atoms with Crippen LogP contribution in [-0.2, 0) is 11.8 Å². The molecule has 7 nitrogen and oxygen atoms in total. The first-order valence-corrected chi connectivity index (χ1v) is 9.88. The molecule has 1 unspecified atom stereocenters. The van der Waals surface area contributed by atoms with Gasteiger partial charge in [0.05, 0.1) is 0 Å². The molecule has 2 amide bonds. The molecule has 1 aliphatic rings. The quantitative estimate of drug-likeness (QED) is 0.696. The Morgan fingerprint density at radius 2 is 2.03 bits per heavy atom. The number of aromatic nitrogens is 2. The maximum Gasteiger partial charge on any atom is 0.251 e. The highest BCUT2D eigenvalue weighted by Crippen LogP contribution is 2.21. The van der Waals surface area contributed by atoms with Crippen LogP contribution in [0.5, 0.6) is 0 Å². The lowest BCUT2D eigenvalue weighted by Gasteiger charge is -2.35. The van der Waals surface area contributed by atoms with Gasteiger partial charge in [0.15, 0.2) is 0 Å². The standard InChI is InChI=1S/C22H25N5O2/c1-26-12-11-24-21(26)19-15-23-10-13-27(19)20(28)8-9-25-22(29)18-7-6-16-4-2-3-5-17(16)14-18/h2-7,11-12,14,19,23H,8-10,13,15H2,1H3,(H,25,29). The van der Waals surface area contributed by atoms with Gasteiger partial charge in [-0.3, -0.25) is 9.59 Å². The van der Waals surface area contributed by atoms with E-state index in [1.165, 1.54) is 0 Å². The average molecular weight is 391 g/mol. The normalized spacial score (nSPS) is 16.7. The Morgan fingerprint density at radius 3 is 2.83 bits per heavy atom. The van der Waals surface area contributed by atoms with Gasteiger partial charge in [-0.15, -0.1) is 0 Å². The van der Waals surface area contributed by atoms with Gasteiger partial charge in [-0.25, -0.2) is 4.98 Å². The van der Waals surface area contributed by atoms with Crippen molar-refractivity contribution in [3.8, 4) is 0 Å². The predicted molar refractivity (Wildman–Crippen MR) is 111 cm³/mol. The molecule has 0 saturated carbocycles. The zero-order valence-electron chi connectivity index (χ0n) is 16.5. The first-order valence-electron chi connectivity index (χ1n) is 9.88. The van der Waals surface area contributed by atoms with Gasteiger partial charge in [-0.1, -0.05) is 30.3 Å². The molecule has 1 aromatic heterocycles. The van der Waals surface area contributed by atoms with Crippen molar-refractivity contribution in [1.29, 1.82) is 0 Å². The zero-order valence-corrected chi connectivity index (χ0v) is 16.5. The lowest BCUT2D eigenvalue weighted by Crippen LogP contribution is -2.50. The molecule has 1 aliphatic heterocycles. The van der Waals surface area contributed by atoms with E-state index in [2.05, 4.69) is 15.6 Å². The fourth-order valence-corrected chi connectivity index (χ4v) is 3.79. The van der Waals surface area contributed by atoms with Crippen LogP contribution in [0.1, 0.15) is 28.6 Å². The SMILES string of the molecule is Cn1ccnc1C1CNCCN1C(=O)CCNC(=O)c1ccc2ccccc2c1. The Bertz CT molecular complexity index is 1030. The number of amides is 2. The number of rotatable bonds is 5. The molecular weight excluding hydrogens is 366 g/mol. The van der Waals surface area contributed by atoms with Crippen molar-refractivity contribution in [3.05, 3.63) is 66.2 Å². The third kappa shape index (κ3) is 4.14. The molecule has 0 radical (unpaired) electrons. The zero-order chi connectivity index (χ0) is 20.2. The van der Waals surface area contributed by atoms with E-state index in [1.54, 1.807) is 6.20 Å². The third-order valence-corrected chi connectivity index (χ3v) is 5.36. The molecular formula is C22H25N5O2. The minimum atomic E-state index is -0.162. The number of piperazine rings is 1. The Hall–Kier alpha value is -3.19. The number of nitrogens with one attached hydrogen (secondary N) is 2. The number of benzene rings is 2. The Morgan fingerprint density at radius 1 is 1.21 bits per heavy atom. The van der Waals surface area contributed by atoms with Gasteiger partial charge in [0.2, 0.25) is 5.91 Å². The number of hydrogen-bond donors (Lipinski definition) is 2. The van der Waals surface area contributed by atoms with E-state index in [0.717, 1.165) is 23.1 Å². The van der Waals surface area contributed by atoms with Gasteiger partial charge < -0.3 is 20.1 Å². The van der Waals surface area contributed by atoms with Crippen LogP contribution in [0.4, 0.5) is 0 Å². The van der Waals surface area contributed by atoms with Crippen LogP contribution < -0.4 is 10.6 Å². The van der Waals surface area contributed by atoms with E-state index in [0.29, 0.717) is 25.2 Å². The Kier molecular flexibility index (Phi) is 5.57. The van der Waals surface area contributed by atoms with Crippen LogP contribution in [0.15, 0.2) is 54.9 Å². The van der Waals surface area contributed by atoms with Crippen LogP contribution in [0.2, 0.25) is 0 Å². The topological polar surface area (TPSA) is 79.3 Å². The van der Waals surface area contributed by atoms with Crippen LogP contribution in [0.25, 0.3) is 10.8 Å². The summed E-state index contributed by atoms with van der Waals surface area (Å²) in [7, 11) is 1.93. The second-order valence-electron chi connectivity index (χ2n) is 7.27. The molecule has 7 heteroatoms. The summed E-state index contributed by atoms with van der Waals surface area (Å²) in [5.74, 6) is 0.730. The van der Waals surface area contributed by atoms with Crippen LogP contribution in [0.3, 0.4) is 0 Å². The van der Waals surface area contributed by atoms with Crippen LogP contribution in [-0.4, -0.2) is 52.4 Å². The number of hydrogen-bond acceptors (Lipinski definition) is 4. The van der Waals surface area contributed by atoms with E-state index in [1.807, 2.05) is 65.2 Å². The summed E-state index contributed by atoms with van der Waals surface area (Å²) in [6, 6.07) is 13.5. The highest BCUT2D eigenvalue weighted by Gasteiger charge is 2.30. The van der Waals surface area contributed by atoms with Gasteiger partial charge in [-0.2, -0.15) is 0 Å². The molecule has 2 aromatic carbocycles. The molecule has 1 fully saturated rings. The molecule has 29 heavy (non-hydrogen) atoms. The van der Waals surface area contributed by atoms with Gasteiger partial charge >= 0.3 is 0 Å². The molecule has 1 saturated heterocycles. The Labute approximate surface area is 169 Å². The summed E-state index contributed by atoms with van der Waals surface area (Å²) in [6.07, 6.45) is 3.90. The number of carbonyl (C=O) groups excluding carboxylic acids is 2. The molecule has 4 rings (SSSR count). The van der Waals surface area contributed by atoms with Crippen LogP contribution in [0, 0.1) is 0 Å². The third-order valence-electron chi connectivity index (χ3n) is 5.36. The molecule has 2 heterocycles. The number of imidazole rings is 1. The number of aryl methyl sites for hydroxylation is 1. The largest absolute Gasteiger partial charge is 0.352 e. The van der Waals surface area contributed by atoms with Crippen molar-refractivity contribution in [2.45, 2.75) is 12.5 Å². The van der Waals surface area contributed by atoms with E-state index in [4.69, 9.17) is 0 Å². The highest BCUT2D eigenvalue weighted by molar-refractivity contribution is 5.98. The van der Waals surface area contributed by atoms with E-state index >= 15 is 0 Å². The predicted octanol–water partition coefficient (Wildman–Crippen LogP) is 1.87. The molecule has 1 atom stereocenters. The number of carbonyl (C=O) groups is 2. The molecule has 0 spiro atoms. The van der Waals surface area contributed by atoms with Gasteiger partial charge in [0.1, 0.15) is 11.9 Å². The first kappa shape index (κ1) is 19.1. The summed E-state index contributed by atoms with van der Waals surface area (Å²) in [5, 5.41) is 8.32. The minimum absolute atomic E-state index is 0.0262. The Balaban J connectivity index is 1.36. The van der Waals surface area contributed by atoms with Gasteiger partial charge in [0, 0.05) is 57.6 Å².